The Kier molecular flexibility index (Phi) is 10.6. The summed E-state index contributed by atoms with van der Waals surface area (Å²) < 4.78 is 0. The Morgan fingerprint density at radius 1 is 0.304 bits per heavy atom. The summed E-state index contributed by atoms with van der Waals surface area (Å²) >= 11 is 0. The first-order valence-electron chi connectivity index (χ1n) is 15.9. The Balaban J connectivity index is 1.71. The van der Waals surface area contributed by atoms with Gasteiger partial charge >= 0.3 is 0 Å². The predicted octanol–water partition coefficient (Wildman–Crippen LogP) is 11.4. The lowest BCUT2D eigenvalue weighted by Crippen LogP contribution is -2.39. The highest BCUT2D eigenvalue weighted by Crippen LogP contribution is 2.84. The van der Waals surface area contributed by atoms with Gasteiger partial charge < -0.3 is 0 Å². The SMILES string of the molecule is PC(Cc1ccccc1)(c1ccccc1)P(C(P)(Cc1ccccc1)c1ccccc1)C(P)(Cc1ccccc1)c1ccccc1. The quantitative estimate of drug-likeness (QED) is 0.114. The third-order valence-corrected chi connectivity index (χ3v) is 16.5. The van der Waals surface area contributed by atoms with Crippen LogP contribution < -0.4 is 0 Å². The molecular formula is C42H42P4. The van der Waals surface area contributed by atoms with Crippen LogP contribution in [0.4, 0.5) is 0 Å². The van der Waals surface area contributed by atoms with Crippen molar-refractivity contribution in [2.24, 2.45) is 0 Å². The molecule has 6 aromatic carbocycles. The number of hydrogen-bond acceptors (Lipinski definition) is 0. The molecule has 0 nitrogen and oxygen atoms in total. The molecule has 6 rings (SSSR count). The van der Waals surface area contributed by atoms with Gasteiger partial charge in [-0.3, -0.25) is 0 Å². The third-order valence-electron chi connectivity index (χ3n) is 8.97. The molecule has 0 amide bonds. The summed E-state index contributed by atoms with van der Waals surface area (Å²) in [4.78, 5) is -0.927. The Morgan fingerprint density at radius 2 is 0.500 bits per heavy atom. The smallest absolute Gasteiger partial charge is 0.0357 e. The first-order chi connectivity index (χ1) is 22.4. The molecule has 0 aliphatic rings. The second-order valence-electron chi connectivity index (χ2n) is 12.2. The van der Waals surface area contributed by atoms with E-state index in [1.807, 2.05) is 0 Å². The lowest BCUT2D eigenvalue weighted by Gasteiger charge is -2.57. The van der Waals surface area contributed by atoms with E-state index in [1.165, 1.54) is 33.4 Å². The van der Waals surface area contributed by atoms with Crippen LogP contribution in [0.1, 0.15) is 33.4 Å². The Morgan fingerprint density at radius 3 is 0.717 bits per heavy atom. The van der Waals surface area contributed by atoms with E-state index in [-0.39, 0.29) is 14.7 Å². The van der Waals surface area contributed by atoms with Crippen LogP contribution in [0, 0.1) is 0 Å². The maximum atomic E-state index is 3.51. The van der Waals surface area contributed by atoms with E-state index in [1.54, 1.807) is 0 Å². The van der Waals surface area contributed by atoms with Gasteiger partial charge in [0.15, 0.2) is 0 Å². The summed E-state index contributed by atoms with van der Waals surface area (Å²) in [6.07, 6.45) is 2.68. The summed E-state index contributed by atoms with van der Waals surface area (Å²) in [7, 11) is 9.51. The molecule has 46 heavy (non-hydrogen) atoms. The van der Waals surface area contributed by atoms with Gasteiger partial charge in [-0.25, -0.2) is 0 Å². The van der Waals surface area contributed by atoms with E-state index >= 15 is 0 Å². The van der Waals surface area contributed by atoms with Crippen LogP contribution >= 0.6 is 35.6 Å². The maximum Gasteiger partial charge on any atom is 0.0357 e. The highest BCUT2D eigenvalue weighted by atomic mass is 31.2. The van der Waals surface area contributed by atoms with Crippen LogP contribution in [0.3, 0.4) is 0 Å². The van der Waals surface area contributed by atoms with Crippen molar-refractivity contribution < 1.29 is 0 Å². The second-order valence-corrected chi connectivity index (χ2v) is 19.7. The fourth-order valence-electron chi connectivity index (χ4n) is 6.90. The maximum absolute atomic E-state index is 3.51. The highest BCUT2D eigenvalue weighted by Gasteiger charge is 2.56. The Labute approximate surface area is 283 Å². The number of rotatable bonds is 12. The average molecular weight is 671 g/mol. The minimum Gasteiger partial charge on any atom is -0.121 e. The molecule has 0 aliphatic heterocycles. The molecule has 0 radical (unpaired) electrons. The van der Waals surface area contributed by atoms with Crippen LogP contribution in [0.5, 0.6) is 0 Å². The van der Waals surface area contributed by atoms with Gasteiger partial charge in [0.25, 0.3) is 0 Å². The summed E-state index contributed by atoms with van der Waals surface area (Å²) in [6.45, 7) is 0. The molecule has 0 aromatic heterocycles. The molecule has 0 bridgehead atoms. The van der Waals surface area contributed by atoms with Gasteiger partial charge in [-0.2, -0.15) is 0 Å². The molecule has 0 spiro atoms. The van der Waals surface area contributed by atoms with Gasteiger partial charge in [0, 0.05) is 14.7 Å². The lowest BCUT2D eigenvalue weighted by atomic mass is 10.0. The van der Waals surface area contributed by atoms with Gasteiger partial charge in [0.1, 0.15) is 0 Å². The van der Waals surface area contributed by atoms with Crippen molar-refractivity contribution in [2.75, 3.05) is 0 Å². The molecule has 6 aromatic rings. The molecule has 0 fully saturated rings. The van der Waals surface area contributed by atoms with Crippen molar-refractivity contribution in [1.29, 1.82) is 0 Å². The van der Waals surface area contributed by atoms with Gasteiger partial charge in [0.2, 0.25) is 0 Å². The molecular weight excluding hydrogens is 628 g/mol. The van der Waals surface area contributed by atoms with Crippen LogP contribution in [0.25, 0.3) is 0 Å². The van der Waals surface area contributed by atoms with Crippen LogP contribution in [0.2, 0.25) is 0 Å². The highest BCUT2D eigenvalue weighted by molar-refractivity contribution is 7.77. The molecule has 230 valence electrons. The minimum atomic E-state index is -1.01. The van der Waals surface area contributed by atoms with Crippen LogP contribution in [-0.4, -0.2) is 0 Å². The van der Waals surface area contributed by atoms with Crippen LogP contribution in [0.15, 0.2) is 182 Å². The van der Waals surface area contributed by atoms with E-state index in [9.17, 15) is 0 Å². The van der Waals surface area contributed by atoms with Crippen LogP contribution in [-0.2, 0) is 34.0 Å². The molecule has 0 saturated heterocycles. The number of hydrogen-bond donors (Lipinski definition) is 0. The van der Waals surface area contributed by atoms with E-state index in [0.29, 0.717) is 0 Å². The standard InChI is InChI=1S/C42H42P4/c43-40(37-25-13-4-14-26-37,31-34-19-7-1-8-20-34)46(41(44,38-27-15-5-16-28-38)32-35-21-9-2-10-22-35)42(45,39-29-17-6-18-30-39)33-36-23-11-3-12-24-36/h1-30H,31-33,43-45H2. The normalized spacial score (nSPS) is 16.0. The van der Waals surface area contributed by atoms with Gasteiger partial charge in [-0.05, 0) is 52.6 Å². The lowest BCUT2D eigenvalue weighted by molar-refractivity contribution is 0.721. The largest absolute Gasteiger partial charge is 0.121 e. The van der Waals surface area contributed by atoms with Crippen molar-refractivity contribution in [2.45, 2.75) is 34.0 Å². The molecule has 6 atom stereocenters. The molecule has 0 aliphatic carbocycles. The minimum absolute atomic E-state index is 0.309. The fourth-order valence-corrected chi connectivity index (χ4v) is 18.1. The van der Waals surface area contributed by atoms with Crippen molar-refractivity contribution in [3.05, 3.63) is 215 Å². The Hall–Kier alpha value is -2.96. The van der Waals surface area contributed by atoms with Gasteiger partial charge in [-0.15, -0.1) is 27.7 Å². The van der Waals surface area contributed by atoms with E-state index in [0.717, 1.165) is 19.3 Å². The van der Waals surface area contributed by atoms with Crippen molar-refractivity contribution in [3.63, 3.8) is 0 Å². The number of benzene rings is 6. The predicted molar refractivity (Wildman–Crippen MR) is 211 cm³/mol. The van der Waals surface area contributed by atoms with E-state index in [4.69, 9.17) is 0 Å². The molecule has 4 heteroatoms. The monoisotopic (exact) mass is 670 g/mol. The third kappa shape index (κ3) is 7.13. The summed E-state index contributed by atoms with van der Waals surface area (Å²) in [5.41, 5.74) is 8.07. The summed E-state index contributed by atoms with van der Waals surface area (Å²) in [6, 6.07) is 67.0. The zero-order valence-electron chi connectivity index (χ0n) is 26.1. The zero-order valence-corrected chi connectivity index (χ0v) is 30.5. The van der Waals surface area contributed by atoms with Gasteiger partial charge in [0.05, 0.1) is 0 Å². The first-order valence-corrected chi connectivity index (χ1v) is 18.9. The Bertz CT molecular complexity index is 1570. The summed E-state index contributed by atoms with van der Waals surface area (Å²) in [5, 5.41) is 0. The topological polar surface area (TPSA) is 0 Å². The van der Waals surface area contributed by atoms with E-state index < -0.39 is 7.92 Å². The molecule has 0 heterocycles. The van der Waals surface area contributed by atoms with Crippen molar-refractivity contribution in [1.82, 2.24) is 0 Å². The van der Waals surface area contributed by atoms with Crippen molar-refractivity contribution >= 4 is 35.6 Å². The van der Waals surface area contributed by atoms with Gasteiger partial charge in [-0.1, -0.05) is 190 Å². The molecule has 0 N–H and O–H groups in total. The first kappa shape index (κ1) is 33.0. The average Bonchev–Trinajstić information content (AvgIpc) is 3.11. The van der Waals surface area contributed by atoms with E-state index in [2.05, 4.69) is 210 Å². The second kappa shape index (κ2) is 14.9. The fraction of sp³-hybridized carbons (Fsp3) is 0.143. The molecule has 0 saturated carbocycles. The van der Waals surface area contributed by atoms with Crippen molar-refractivity contribution in [3.8, 4) is 0 Å². The molecule has 6 unspecified atom stereocenters. The zero-order chi connectivity index (χ0) is 31.9. The summed E-state index contributed by atoms with van der Waals surface area (Å²) in [5.74, 6) is 0.